The molecule has 7 aromatic rings. The number of nitrogens with one attached hydrogen (secondary N) is 1. The Morgan fingerprint density at radius 3 is 1.51 bits per heavy atom. The number of rotatable bonds is 5. The molecule has 6 aromatic carbocycles. The van der Waals surface area contributed by atoms with E-state index in [1.54, 1.807) is 0 Å². The molecule has 0 aliphatic heterocycles. The summed E-state index contributed by atoms with van der Waals surface area (Å²) in [7, 11) is -2.63. The fourth-order valence-corrected chi connectivity index (χ4v) is 10.9. The maximum atomic E-state index is 11.3. The van der Waals surface area contributed by atoms with Gasteiger partial charge in [0.1, 0.15) is 5.75 Å². The predicted molar refractivity (Wildman–Crippen MR) is 167 cm³/mol. The van der Waals surface area contributed by atoms with Gasteiger partial charge in [0, 0.05) is 21.9 Å². The Kier molecular flexibility index (Phi) is 5.65. The van der Waals surface area contributed by atoms with Gasteiger partial charge in [-0.2, -0.15) is 0 Å². The van der Waals surface area contributed by atoms with E-state index in [2.05, 4.69) is 120 Å². The van der Waals surface area contributed by atoms with E-state index < -0.39 is 8.07 Å². The second-order valence-electron chi connectivity index (χ2n) is 9.98. The molecular weight excluding hydrogens is 490 g/mol. The van der Waals surface area contributed by atoms with Gasteiger partial charge in [0.05, 0.1) is 5.52 Å². The second-order valence-corrected chi connectivity index (χ2v) is 13.8. The molecule has 1 aromatic heterocycles. The fourth-order valence-electron chi connectivity index (χ4n) is 6.10. The number of phenols is 1. The normalized spacial score (nSPS) is 11.7. The van der Waals surface area contributed by atoms with Crippen LogP contribution in [0.1, 0.15) is 0 Å². The van der Waals surface area contributed by atoms with E-state index in [4.69, 9.17) is 0 Å². The molecule has 0 amide bonds. The van der Waals surface area contributed by atoms with Crippen LogP contribution in [0, 0.1) is 0 Å². The van der Waals surface area contributed by atoms with E-state index in [1.165, 1.54) is 20.7 Å². The Hall–Kier alpha value is -4.86. The standard InChI is InChI=1S/C36H27NOSi/c38-36-31(26-13-5-1-6-14-26)22-23-32-33-25-30(21-24-34(33)37-35(32)36)39(27-15-7-2-8-16-27,28-17-9-3-10-18-28)29-19-11-4-12-20-29/h1-25,37-38H. The highest BCUT2D eigenvalue weighted by molar-refractivity contribution is 7.20. The lowest BCUT2D eigenvalue weighted by molar-refractivity contribution is 0.482. The van der Waals surface area contributed by atoms with Crippen LogP contribution in [0.3, 0.4) is 0 Å². The minimum absolute atomic E-state index is 0.286. The van der Waals surface area contributed by atoms with Gasteiger partial charge in [-0.1, -0.05) is 140 Å². The summed E-state index contributed by atoms with van der Waals surface area (Å²) in [5, 5.41) is 18.8. The highest BCUT2D eigenvalue weighted by atomic mass is 28.3. The summed E-state index contributed by atoms with van der Waals surface area (Å²) >= 11 is 0. The van der Waals surface area contributed by atoms with Gasteiger partial charge in [-0.05, 0) is 38.4 Å². The van der Waals surface area contributed by atoms with Crippen LogP contribution in [0.5, 0.6) is 5.75 Å². The molecule has 0 bridgehead atoms. The molecule has 0 aliphatic rings. The first kappa shape index (κ1) is 23.3. The first-order valence-electron chi connectivity index (χ1n) is 13.3. The summed E-state index contributed by atoms with van der Waals surface area (Å²) in [5.41, 5.74) is 3.62. The number of phenolic OH excluding ortho intramolecular Hbond substituents is 1. The number of hydrogen-bond donors (Lipinski definition) is 2. The van der Waals surface area contributed by atoms with Gasteiger partial charge >= 0.3 is 0 Å². The average molecular weight is 518 g/mol. The average Bonchev–Trinajstić information content (AvgIpc) is 3.39. The van der Waals surface area contributed by atoms with Crippen LogP contribution < -0.4 is 20.7 Å². The van der Waals surface area contributed by atoms with Crippen molar-refractivity contribution in [3.05, 3.63) is 152 Å². The van der Waals surface area contributed by atoms with Crippen molar-refractivity contribution in [3.8, 4) is 16.9 Å². The summed E-state index contributed by atoms with van der Waals surface area (Å²) in [6.07, 6.45) is 0. The summed E-state index contributed by atoms with van der Waals surface area (Å²) < 4.78 is 0. The van der Waals surface area contributed by atoms with Crippen LogP contribution in [0.2, 0.25) is 0 Å². The second kappa shape index (κ2) is 9.46. The van der Waals surface area contributed by atoms with E-state index in [-0.39, 0.29) is 5.75 Å². The smallest absolute Gasteiger partial charge is 0.179 e. The predicted octanol–water partition coefficient (Wildman–Crippen LogP) is 6.07. The molecule has 3 heteroatoms. The monoisotopic (exact) mass is 517 g/mol. The van der Waals surface area contributed by atoms with Crippen molar-refractivity contribution in [2.45, 2.75) is 0 Å². The first-order chi connectivity index (χ1) is 19.3. The fraction of sp³-hybridized carbons (Fsp3) is 0. The van der Waals surface area contributed by atoms with Gasteiger partial charge in [-0.15, -0.1) is 0 Å². The third-order valence-corrected chi connectivity index (χ3v) is 12.7. The lowest BCUT2D eigenvalue weighted by Gasteiger charge is -2.34. The molecular formula is C36H27NOSi. The van der Waals surface area contributed by atoms with Crippen LogP contribution in [0.15, 0.2) is 152 Å². The number of aromatic hydroxyl groups is 1. The summed E-state index contributed by atoms with van der Waals surface area (Å²) in [4.78, 5) is 3.52. The highest BCUT2D eigenvalue weighted by Crippen LogP contribution is 2.38. The molecule has 0 fully saturated rings. The molecule has 0 aliphatic carbocycles. The van der Waals surface area contributed by atoms with Gasteiger partial charge in [0.15, 0.2) is 8.07 Å². The lowest BCUT2D eigenvalue weighted by Crippen LogP contribution is -2.74. The van der Waals surface area contributed by atoms with Crippen molar-refractivity contribution in [1.29, 1.82) is 0 Å². The summed E-state index contributed by atoms with van der Waals surface area (Å²) in [6, 6.07) is 53.9. The molecule has 39 heavy (non-hydrogen) atoms. The molecule has 0 spiro atoms. The number of hydrogen-bond acceptors (Lipinski definition) is 1. The maximum absolute atomic E-state index is 11.3. The Morgan fingerprint density at radius 1 is 0.462 bits per heavy atom. The van der Waals surface area contributed by atoms with Gasteiger partial charge in [0.2, 0.25) is 0 Å². The summed E-state index contributed by atoms with van der Waals surface area (Å²) in [6.45, 7) is 0. The highest BCUT2D eigenvalue weighted by Gasteiger charge is 2.41. The quantitative estimate of drug-likeness (QED) is 0.211. The summed E-state index contributed by atoms with van der Waals surface area (Å²) in [5.74, 6) is 0.286. The largest absolute Gasteiger partial charge is 0.505 e. The molecule has 0 saturated carbocycles. The van der Waals surface area contributed by atoms with Gasteiger partial charge in [-0.3, -0.25) is 0 Å². The van der Waals surface area contributed by atoms with Crippen molar-refractivity contribution in [2.24, 2.45) is 0 Å². The minimum Gasteiger partial charge on any atom is -0.505 e. The minimum atomic E-state index is -2.63. The van der Waals surface area contributed by atoms with E-state index in [1.807, 2.05) is 36.4 Å². The Bertz CT molecular complexity index is 1800. The molecule has 186 valence electrons. The molecule has 0 saturated heterocycles. The van der Waals surface area contributed by atoms with Crippen LogP contribution in [-0.4, -0.2) is 18.2 Å². The van der Waals surface area contributed by atoms with E-state index in [9.17, 15) is 5.11 Å². The number of fused-ring (bicyclic) bond motifs is 3. The molecule has 0 atom stereocenters. The van der Waals surface area contributed by atoms with E-state index in [0.29, 0.717) is 0 Å². The van der Waals surface area contributed by atoms with Crippen molar-refractivity contribution in [2.75, 3.05) is 0 Å². The van der Waals surface area contributed by atoms with Gasteiger partial charge < -0.3 is 10.1 Å². The molecule has 1 heterocycles. The number of H-pyrrole nitrogens is 1. The zero-order valence-electron chi connectivity index (χ0n) is 21.4. The molecule has 7 rings (SSSR count). The Balaban J connectivity index is 1.53. The SMILES string of the molecule is Oc1c(-c2ccccc2)ccc2c1[nH]c1ccc([Si](c3ccccc3)(c3ccccc3)c3ccccc3)cc12. The van der Waals surface area contributed by atoms with Crippen LogP contribution in [0.25, 0.3) is 32.9 Å². The Morgan fingerprint density at radius 2 is 0.974 bits per heavy atom. The number of aromatic amines is 1. The van der Waals surface area contributed by atoms with Crippen molar-refractivity contribution in [3.63, 3.8) is 0 Å². The van der Waals surface area contributed by atoms with Gasteiger partial charge in [-0.25, -0.2) is 0 Å². The first-order valence-corrected chi connectivity index (χ1v) is 15.3. The molecule has 0 unspecified atom stereocenters. The zero-order chi connectivity index (χ0) is 26.2. The van der Waals surface area contributed by atoms with Crippen LogP contribution in [-0.2, 0) is 0 Å². The van der Waals surface area contributed by atoms with Crippen LogP contribution >= 0.6 is 0 Å². The van der Waals surface area contributed by atoms with Crippen molar-refractivity contribution >= 4 is 50.6 Å². The molecule has 0 radical (unpaired) electrons. The molecule has 2 N–H and O–H groups in total. The van der Waals surface area contributed by atoms with Gasteiger partial charge in [0.25, 0.3) is 0 Å². The zero-order valence-corrected chi connectivity index (χ0v) is 22.4. The maximum Gasteiger partial charge on any atom is 0.179 e. The number of benzene rings is 6. The van der Waals surface area contributed by atoms with E-state index >= 15 is 0 Å². The topological polar surface area (TPSA) is 36.0 Å². The third-order valence-electron chi connectivity index (χ3n) is 7.89. The third kappa shape index (κ3) is 3.70. The van der Waals surface area contributed by atoms with Crippen LogP contribution in [0.4, 0.5) is 0 Å². The lowest BCUT2D eigenvalue weighted by atomic mass is 10.0. The van der Waals surface area contributed by atoms with Crippen molar-refractivity contribution in [1.82, 2.24) is 4.98 Å². The Labute approximate surface area is 228 Å². The molecule has 2 nitrogen and oxygen atoms in total. The van der Waals surface area contributed by atoms with Crippen molar-refractivity contribution < 1.29 is 5.11 Å². The number of aromatic nitrogens is 1. The van der Waals surface area contributed by atoms with E-state index in [0.717, 1.165) is 32.9 Å².